The van der Waals surface area contributed by atoms with E-state index in [1.54, 1.807) is 6.07 Å². The van der Waals surface area contributed by atoms with E-state index in [2.05, 4.69) is 31.9 Å². The summed E-state index contributed by atoms with van der Waals surface area (Å²) in [6.07, 6.45) is 1.06. The van der Waals surface area contributed by atoms with Crippen molar-refractivity contribution < 1.29 is 13.2 Å². The highest BCUT2D eigenvalue weighted by Gasteiger charge is 2.26. The van der Waals surface area contributed by atoms with Gasteiger partial charge in [0.2, 0.25) is 0 Å². The summed E-state index contributed by atoms with van der Waals surface area (Å²) in [6.45, 7) is 1.40. The number of halogens is 2. The Bertz CT molecular complexity index is 470. The van der Waals surface area contributed by atoms with Crippen molar-refractivity contribution in [3.63, 3.8) is 0 Å². The van der Waals surface area contributed by atoms with Crippen LogP contribution < -0.4 is 0 Å². The first-order chi connectivity index (χ1) is 6.73. The van der Waals surface area contributed by atoms with Crippen LogP contribution in [0.15, 0.2) is 14.3 Å². The molecule has 15 heavy (non-hydrogen) atoms. The lowest BCUT2D eigenvalue weighted by Crippen LogP contribution is -2.25. The van der Waals surface area contributed by atoms with Crippen LogP contribution in [-0.4, -0.2) is 25.7 Å². The lowest BCUT2D eigenvalue weighted by Gasteiger charge is -2.05. The minimum absolute atomic E-state index is 0.367. The minimum Gasteiger partial charge on any atom is -0.292 e. The van der Waals surface area contributed by atoms with E-state index < -0.39 is 15.1 Å². The molecular formula is C8H8Br2O3S2. The number of ketones is 1. The second-order valence-electron chi connectivity index (χ2n) is 3.07. The molecule has 7 heteroatoms. The van der Waals surface area contributed by atoms with Gasteiger partial charge in [-0.15, -0.1) is 11.3 Å². The van der Waals surface area contributed by atoms with Crippen molar-refractivity contribution in [1.29, 1.82) is 0 Å². The van der Waals surface area contributed by atoms with Gasteiger partial charge in [0.1, 0.15) is 5.25 Å². The Morgan fingerprint density at radius 2 is 2.00 bits per heavy atom. The molecule has 1 unspecified atom stereocenters. The summed E-state index contributed by atoms with van der Waals surface area (Å²) in [5, 5.41) is -0.991. The van der Waals surface area contributed by atoms with Gasteiger partial charge in [0.25, 0.3) is 0 Å². The van der Waals surface area contributed by atoms with Crippen molar-refractivity contribution in [3.05, 3.63) is 19.2 Å². The van der Waals surface area contributed by atoms with Gasteiger partial charge >= 0.3 is 0 Å². The Hall–Kier alpha value is 0.280. The SMILES string of the molecule is CC(C(=O)c1cc(Br)c(Br)s1)S(C)(=O)=O. The third-order valence-electron chi connectivity index (χ3n) is 1.90. The lowest BCUT2D eigenvalue weighted by molar-refractivity contribution is 0.0995. The Morgan fingerprint density at radius 3 is 2.33 bits per heavy atom. The molecule has 0 saturated heterocycles. The standard InChI is InChI=1S/C8H8Br2O3S2/c1-4(15(2,12)13)7(11)6-3-5(9)8(10)14-6/h3-4H,1-2H3. The molecule has 0 aliphatic rings. The van der Waals surface area contributed by atoms with E-state index in [4.69, 9.17) is 0 Å². The summed E-state index contributed by atoms with van der Waals surface area (Å²) < 4.78 is 23.9. The van der Waals surface area contributed by atoms with Crippen LogP contribution in [0.3, 0.4) is 0 Å². The number of rotatable bonds is 3. The Balaban J connectivity index is 3.06. The monoisotopic (exact) mass is 374 g/mol. The van der Waals surface area contributed by atoms with Crippen molar-refractivity contribution >= 4 is 58.8 Å². The van der Waals surface area contributed by atoms with Crippen LogP contribution in [0.1, 0.15) is 16.6 Å². The first-order valence-corrected chi connectivity index (χ1v) is 8.27. The fourth-order valence-electron chi connectivity index (χ4n) is 0.863. The van der Waals surface area contributed by atoms with Crippen LogP contribution in [0, 0.1) is 0 Å². The summed E-state index contributed by atoms with van der Waals surface area (Å²) in [5.74, 6) is -0.367. The van der Waals surface area contributed by atoms with Crippen LogP contribution >= 0.6 is 43.2 Å². The van der Waals surface area contributed by atoms with Crippen molar-refractivity contribution in [3.8, 4) is 0 Å². The van der Waals surface area contributed by atoms with Gasteiger partial charge in [0, 0.05) is 10.7 Å². The van der Waals surface area contributed by atoms with E-state index in [-0.39, 0.29) is 5.78 Å². The maximum absolute atomic E-state index is 11.7. The van der Waals surface area contributed by atoms with E-state index in [1.807, 2.05) is 0 Å². The van der Waals surface area contributed by atoms with Crippen LogP contribution in [-0.2, 0) is 9.84 Å². The molecule has 1 atom stereocenters. The molecule has 0 N–H and O–H groups in total. The predicted octanol–water partition coefficient (Wildman–Crippen LogP) is 2.89. The summed E-state index contributed by atoms with van der Waals surface area (Å²) in [4.78, 5) is 12.2. The van der Waals surface area contributed by atoms with E-state index in [0.717, 1.165) is 14.5 Å². The smallest absolute Gasteiger partial charge is 0.190 e. The fraction of sp³-hybridized carbons (Fsp3) is 0.375. The number of carbonyl (C=O) groups is 1. The molecule has 0 radical (unpaired) electrons. The van der Waals surface area contributed by atoms with E-state index in [9.17, 15) is 13.2 Å². The van der Waals surface area contributed by atoms with Gasteiger partial charge in [-0.25, -0.2) is 8.42 Å². The van der Waals surface area contributed by atoms with Crippen molar-refractivity contribution in [1.82, 2.24) is 0 Å². The highest BCUT2D eigenvalue weighted by Crippen LogP contribution is 2.33. The van der Waals surface area contributed by atoms with Crippen molar-refractivity contribution in [2.24, 2.45) is 0 Å². The number of hydrogen-bond donors (Lipinski definition) is 0. The molecule has 1 aromatic rings. The largest absolute Gasteiger partial charge is 0.292 e. The predicted molar refractivity (Wildman–Crippen MR) is 68.4 cm³/mol. The van der Waals surface area contributed by atoms with Gasteiger partial charge < -0.3 is 0 Å². The van der Waals surface area contributed by atoms with Crippen LogP contribution in [0.2, 0.25) is 0 Å². The molecule has 1 aromatic heterocycles. The second kappa shape index (κ2) is 4.65. The normalized spacial score (nSPS) is 13.9. The Morgan fingerprint density at radius 1 is 1.47 bits per heavy atom. The van der Waals surface area contributed by atoms with E-state index >= 15 is 0 Å². The number of hydrogen-bond acceptors (Lipinski definition) is 4. The van der Waals surface area contributed by atoms with Crippen LogP contribution in [0.5, 0.6) is 0 Å². The highest BCUT2D eigenvalue weighted by atomic mass is 79.9. The first-order valence-electron chi connectivity index (χ1n) is 3.91. The fourth-order valence-corrected chi connectivity index (χ4v) is 3.52. The highest BCUT2D eigenvalue weighted by molar-refractivity contribution is 9.13. The quantitative estimate of drug-likeness (QED) is 0.763. The molecule has 0 bridgehead atoms. The molecule has 1 heterocycles. The van der Waals surface area contributed by atoms with Gasteiger partial charge in [0.05, 0.1) is 8.66 Å². The molecule has 0 amide bonds. The average molecular weight is 376 g/mol. The molecule has 84 valence electrons. The van der Waals surface area contributed by atoms with E-state index in [0.29, 0.717) is 4.88 Å². The summed E-state index contributed by atoms with van der Waals surface area (Å²) >= 11 is 7.72. The lowest BCUT2D eigenvalue weighted by atomic mass is 10.2. The molecule has 0 saturated carbocycles. The van der Waals surface area contributed by atoms with Crippen molar-refractivity contribution in [2.75, 3.05) is 6.26 Å². The zero-order valence-corrected chi connectivity index (χ0v) is 12.8. The summed E-state index contributed by atoms with van der Waals surface area (Å²) in [5.41, 5.74) is 0. The molecule has 3 nitrogen and oxygen atoms in total. The third kappa shape index (κ3) is 3.12. The zero-order chi connectivity index (χ0) is 11.8. The molecule has 0 spiro atoms. The molecule has 0 aliphatic carbocycles. The molecular weight excluding hydrogens is 368 g/mol. The summed E-state index contributed by atoms with van der Waals surface area (Å²) in [7, 11) is -3.33. The molecule has 0 aliphatic heterocycles. The minimum atomic E-state index is -3.33. The van der Waals surface area contributed by atoms with Gasteiger partial charge in [-0.3, -0.25) is 4.79 Å². The van der Waals surface area contributed by atoms with Gasteiger partial charge in [0.15, 0.2) is 15.6 Å². The molecule has 0 aromatic carbocycles. The molecule has 1 rings (SSSR count). The maximum atomic E-state index is 11.7. The number of Topliss-reactive ketones (excluding diaryl/α,β-unsaturated/α-hetero) is 1. The molecule has 0 fully saturated rings. The Labute approximate surface area is 109 Å². The Kier molecular flexibility index (Phi) is 4.13. The average Bonchev–Trinajstić information content (AvgIpc) is 2.43. The topological polar surface area (TPSA) is 51.2 Å². The van der Waals surface area contributed by atoms with Gasteiger partial charge in [-0.05, 0) is 44.8 Å². The van der Waals surface area contributed by atoms with Crippen LogP contribution in [0.4, 0.5) is 0 Å². The maximum Gasteiger partial charge on any atom is 0.190 e. The first kappa shape index (κ1) is 13.3. The number of thiophene rings is 1. The van der Waals surface area contributed by atoms with Crippen molar-refractivity contribution in [2.45, 2.75) is 12.2 Å². The number of carbonyl (C=O) groups excluding carboxylic acids is 1. The van der Waals surface area contributed by atoms with E-state index in [1.165, 1.54) is 18.3 Å². The second-order valence-corrected chi connectivity index (χ2v) is 8.66. The summed E-state index contributed by atoms with van der Waals surface area (Å²) in [6, 6.07) is 1.62. The number of sulfone groups is 1. The third-order valence-corrected chi connectivity index (χ3v) is 6.67. The van der Waals surface area contributed by atoms with Crippen LogP contribution in [0.25, 0.3) is 0 Å². The van der Waals surface area contributed by atoms with Gasteiger partial charge in [-0.1, -0.05) is 0 Å². The zero-order valence-electron chi connectivity index (χ0n) is 7.95. The van der Waals surface area contributed by atoms with Gasteiger partial charge in [-0.2, -0.15) is 0 Å².